The van der Waals surface area contributed by atoms with Gasteiger partial charge in [0, 0.05) is 10.6 Å². The number of halogens is 1. The summed E-state index contributed by atoms with van der Waals surface area (Å²) in [6.07, 6.45) is -0.0500. The molecule has 0 aromatic heterocycles. The summed E-state index contributed by atoms with van der Waals surface area (Å²) in [7, 11) is 1.68. The van der Waals surface area contributed by atoms with Crippen LogP contribution in [0, 0.1) is 0 Å². The van der Waals surface area contributed by atoms with Crippen LogP contribution in [0.3, 0.4) is 0 Å². The average Bonchev–Trinajstić information content (AvgIpc) is 3.34. The fraction of sp³-hybridized carbons (Fsp3) is 0.174. The lowest BCUT2D eigenvalue weighted by Crippen LogP contribution is -2.08. The van der Waals surface area contributed by atoms with Gasteiger partial charge in [-0.2, -0.15) is 0 Å². The number of methoxy groups -OCH3 is 1. The summed E-state index contributed by atoms with van der Waals surface area (Å²) in [6.45, 7) is 0. The first-order valence-corrected chi connectivity index (χ1v) is 9.44. The maximum Gasteiger partial charge on any atom is 0.131 e. The Labute approximate surface area is 163 Å². The SMILES string of the molecule is COc1ccc(C2=N[C@H](c3ccccc3Cl)N3[C@@H]2[C@@H]3c2ccccc2)cc1. The number of ether oxygens (including phenoxy) is 1. The van der Waals surface area contributed by atoms with Gasteiger partial charge in [0.05, 0.1) is 24.9 Å². The Morgan fingerprint density at radius 1 is 0.852 bits per heavy atom. The second-order valence-corrected chi connectivity index (χ2v) is 7.29. The maximum atomic E-state index is 6.50. The predicted octanol–water partition coefficient (Wildman–Crippen LogP) is 5.28. The van der Waals surface area contributed by atoms with E-state index >= 15 is 0 Å². The monoisotopic (exact) mass is 374 g/mol. The second kappa shape index (κ2) is 6.52. The number of rotatable bonds is 4. The minimum atomic E-state index is -0.0500. The standard InChI is InChI=1S/C23H19ClN2O/c1-27-17-13-11-15(12-14-17)20-22-21(16-7-3-2-4-8-16)26(22)23(25-20)18-9-5-6-10-19(18)24/h2-14,21-23H,1H3/t21-,22-,23-,26?/m0/s1. The topological polar surface area (TPSA) is 24.6 Å². The Morgan fingerprint density at radius 3 is 2.26 bits per heavy atom. The molecule has 0 spiro atoms. The molecular formula is C23H19ClN2O. The summed E-state index contributed by atoms with van der Waals surface area (Å²) in [5, 5.41) is 0.764. The fourth-order valence-corrected chi connectivity index (χ4v) is 4.28. The van der Waals surface area contributed by atoms with Crippen LogP contribution in [0.1, 0.15) is 28.9 Å². The molecule has 4 atom stereocenters. The highest BCUT2D eigenvalue weighted by Crippen LogP contribution is 2.56. The Kier molecular flexibility index (Phi) is 4.00. The van der Waals surface area contributed by atoms with Gasteiger partial charge in [0.2, 0.25) is 0 Å². The first kappa shape index (κ1) is 16.5. The van der Waals surface area contributed by atoms with Crippen LogP contribution in [-0.2, 0) is 0 Å². The Bertz CT molecular complexity index is 1000. The van der Waals surface area contributed by atoms with E-state index in [-0.39, 0.29) is 12.2 Å². The van der Waals surface area contributed by atoms with Crippen molar-refractivity contribution >= 4 is 17.3 Å². The lowest BCUT2D eigenvalue weighted by atomic mass is 10.0. The molecule has 0 bridgehead atoms. The summed E-state index contributed by atoms with van der Waals surface area (Å²) < 4.78 is 5.30. The molecule has 0 saturated carbocycles. The van der Waals surface area contributed by atoms with Crippen molar-refractivity contribution in [3.8, 4) is 5.75 Å². The molecule has 2 aliphatic heterocycles. The summed E-state index contributed by atoms with van der Waals surface area (Å²) in [5.74, 6) is 0.854. The van der Waals surface area contributed by atoms with Gasteiger partial charge < -0.3 is 4.74 Å². The minimum absolute atomic E-state index is 0.0500. The predicted molar refractivity (Wildman–Crippen MR) is 109 cm³/mol. The van der Waals surface area contributed by atoms with Crippen LogP contribution in [0.4, 0.5) is 0 Å². The van der Waals surface area contributed by atoms with Gasteiger partial charge in [0.1, 0.15) is 11.9 Å². The van der Waals surface area contributed by atoms with Gasteiger partial charge in [-0.05, 0) is 41.5 Å². The highest BCUT2D eigenvalue weighted by Gasteiger charge is 2.59. The third kappa shape index (κ3) is 2.75. The van der Waals surface area contributed by atoms with Gasteiger partial charge in [-0.3, -0.25) is 9.89 Å². The van der Waals surface area contributed by atoms with E-state index in [2.05, 4.69) is 53.4 Å². The molecule has 2 aliphatic rings. The first-order valence-electron chi connectivity index (χ1n) is 9.07. The number of hydrogen-bond donors (Lipinski definition) is 0. The number of benzene rings is 3. The number of fused-ring (bicyclic) bond motifs is 1. The molecular weight excluding hydrogens is 356 g/mol. The lowest BCUT2D eigenvalue weighted by Gasteiger charge is -2.15. The molecule has 4 heteroatoms. The van der Waals surface area contributed by atoms with E-state index in [4.69, 9.17) is 21.3 Å². The summed E-state index contributed by atoms with van der Waals surface area (Å²) in [6, 6.07) is 27.4. The third-order valence-electron chi connectivity index (χ3n) is 5.39. The first-order chi connectivity index (χ1) is 13.3. The van der Waals surface area contributed by atoms with Crippen LogP contribution < -0.4 is 4.74 Å². The van der Waals surface area contributed by atoms with Crippen molar-refractivity contribution in [2.75, 3.05) is 7.11 Å². The molecule has 0 amide bonds. The van der Waals surface area contributed by atoms with Crippen molar-refractivity contribution in [2.45, 2.75) is 18.2 Å². The summed E-state index contributed by atoms with van der Waals surface area (Å²) in [4.78, 5) is 7.51. The van der Waals surface area contributed by atoms with Gasteiger partial charge in [0.25, 0.3) is 0 Å². The van der Waals surface area contributed by atoms with E-state index < -0.39 is 0 Å². The highest BCUT2D eigenvalue weighted by molar-refractivity contribution is 6.31. The van der Waals surface area contributed by atoms with E-state index in [1.54, 1.807) is 7.11 Å². The van der Waals surface area contributed by atoms with E-state index in [9.17, 15) is 0 Å². The van der Waals surface area contributed by atoms with E-state index in [1.165, 1.54) is 5.56 Å². The molecule has 3 aromatic carbocycles. The van der Waals surface area contributed by atoms with Gasteiger partial charge in [-0.15, -0.1) is 0 Å². The van der Waals surface area contributed by atoms with Crippen LogP contribution in [0.2, 0.25) is 5.02 Å². The maximum absolute atomic E-state index is 6.50. The van der Waals surface area contributed by atoms with Crippen molar-refractivity contribution in [3.05, 3.63) is 101 Å². The van der Waals surface area contributed by atoms with Gasteiger partial charge >= 0.3 is 0 Å². The van der Waals surface area contributed by atoms with E-state index in [0.29, 0.717) is 6.04 Å². The third-order valence-corrected chi connectivity index (χ3v) is 5.73. The quantitative estimate of drug-likeness (QED) is 0.580. The molecule has 1 saturated heterocycles. The molecule has 0 aliphatic carbocycles. The zero-order valence-electron chi connectivity index (χ0n) is 14.9. The van der Waals surface area contributed by atoms with Crippen molar-refractivity contribution in [1.82, 2.24) is 4.90 Å². The van der Waals surface area contributed by atoms with Crippen LogP contribution in [0.15, 0.2) is 83.9 Å². The molecule has 5 rings (SSSR count). The molecule has 27 heavy (non-hydrogen) atoms. The molecule has 1 unspecified atom stereocenters. The lowest BCUT2D eigenvalue weighted by molar-refractivity contribution is 0.404. The van der Waals surface area contributed by atoms with Crippen LogP contribution >= 0.6 is 11.6 Å². The normalized spacial score (nSPS) is 25.6. The minimum Gasteiger partial charge on any atom is -0.497 e. The van der Waals surface area contributed by atoms with Crippen molar-refractivity contribution in [1.29, 1.82) is 0 Å². The van der Waals surface area contributed by atoms with Crippen LogP contribution in [0.25, 0.3) is 0 Å². The summed E-state index contributed by atoms with van der Waals surface area (Å²) in [5.41, 5.74) is 4.64. The molecule has 0 radical (unpaired) electrons. The largest absolute Gasteiger partial charge is 0.497 e. The second-order valence-electron chi connectivity index (χ2n) is 6.89. The van der Waals surface area contributed by atoms with E-state index in [1.807, 2.05) is 30.3 Å². The number of aliphatic imine (C=N–C) groups is 1. The number of hydrogen-bond acceptors (Lipinski definition) is 3. The zero-order chi connectivity index (χ0) is 18.4. The van der Waals surface area contributed by atoms with Crippen molar-refractivity contribution in [2.24, 2.45) is 4.99 Å². The van der Waals surface area contributed by atoms with Crippen LogP contribution in [-0.4, -0.2) is 23.8 Å². The fourth-order valence-electron chi connectivity index (χ4n) is 4.04. The zero-order valence-corrected chi connectivity index (χ0v) is 15.7. The van der Waals surface area contributed by atoms with Crippen LogP contribution in [0.5, 0.6) is 5.75 Å². The van der Waals surface area contributed by atoms with Gasteiger partial charge in [0.15, 0.2) is 0 Å². The number of nitrogens with zero attached hydrogens (tertiary/aromatic N) is 2. The molecule has 2 heterocycles. The Hall–Kier alpha value is -2.62. The van der Waals surface area contributed by atoms with Gasteiger partial charge in [-0.25, -0.2) is 0 Å². The van der Waals surface area contributed by atoms with Gasteiger partial charge in [-0.1, -0.05) is 60.1 Å². The molecule has 0 N–H and O–H groups in total. The van der Waals surface area contributed by atoms with E-state index in [0.717, 1.165) is 27.6 Å². The Balaban J connectivity index is 1.57. The average molecular weight is 375 g/mol. The highest BCUT2D eigenvalue weighted by atomic mass is 35.5. The summed E-state index contributed by atoms with van der Waals surface area (Å²) >= 11 is 6.50. The molecule has 1 fully saturated rings. The van der Waals surface area contributed by atoms with Crippen molar-refractivity contribution in [3.63, 3.8) is 0 Å². The molecule has 3 nitrogen and oxygen atoms in total. The van der Waals surface area contributed by atoms with Crippen molar-refractivity contribution < 1.29 is 4.74 Å². The smallest absolute Gasteiger partial charge is 0.131 e. The molecule has 134 valence electrons. The Morgan fingerprint density at radius 2 is 1.56 bits per heavy atom. The molecule has 3 aromatic rings.